The first-order chi connectivity index (χ1) is 35.6. The quantitative estimate of drug-likeness (QED) is 0.101. The number of pyridine rings is 4. The van der Waals surface area contributed by atoms with Gasteiger partial charge in [-0.15, -0.1) is 0 Å². The van der Waals surface area contributed by atoms with Crippen LogP contribution in [-0.2, 0) is 13.1 Å². The van der Waals surface area contributed by atoms with Crippen LogP contribution < -0.4 is 20.9 Å². The average Bonchev–Trinajstić information content (AvgIpc) is 4.11. The predicted molar refractivity (Wildman–Crippen MR) is 279 cm³/mol. The first kappa shape index (κ1) is 52.4. The van der Waals surface area contributed by atoms with Gasteiger partial charge in [-0.2, -0.15) is 10.5 Å². The summed E-state index contributed by atoms with van der Waals surface area (Å²) in [6.07, 6.45) is 9.90. The number of nitrogens with one attached hydrogen (secondary N) is 3. The van der Waals surface area contributed by atoms with E-state index in [0.717, 1.165) is 108 Å². The second-order valence-electron chi connectivity index (χ2n) is 18.1. The largest absolute Gasteiger partial charge is 0.352 e. The lowest BCUT2D eigenvalue weighted by Crippen LogP contribution is -2.45. The van der Waals surface area contributed by atoms with Gasteiger partial charge in [0, 0.05) is 114 Å². The fourth-order valence-electron chi connectivity index (χ4n) is 8.71. The summed E-state index contributed by atoms with van der Waals surface area (Å²) >= 11 is 5.92. The third-order valence-electron chi connectivity index (χ3n) is 13.0. The van der Waals surface area contributed by atoms with Gasteiger partial charge in [0.25, 0.3) is 0 Å². The molecule has 0 unspecified atom stereocenters. The molecule has 6 aromatic heterocycles. The smallest absolute Gasteiger partial charge is 0.227 e. The van der Waals surface area contributed by atoms with E-state index in [1.807, 2.05) is 35.2 Å². The van der Waals surface area contributed by atoms with E-state index in [1.165, 1.54) is 0 Å². The van der Waals surface area contributed by atoms with Gasteiger partial charge < -0.3 is 30.7 Å². The SMILES string of the molecule is CCN1CCN(Cc2ccc(Nc3nccc(-c4cnc(Cl)c(C#N)c4)n3)cn2)CC1.CCN1CCN(Cc2ccc(Nc3nccc(-c4cnc(N5CC[C@@H](F)C5)c(C#N)c4)n3)cn2)CC1.F[C@@H]1CCNC1. The van der Waals surface area contributed by atoms with Crippen molar-refractivity contribution in [3.8, 4) is 34.7 Å². The van der Waals surface area contributed by atoms with E-state index >= 15 is 0 Å². The lowest BCUT2D eigenvalue weighted by Gasteiger charge is -2.33. The maximum Gasteiger partial charge on any atom is 0.227 e. The summed E-state index contributed by atoms with van der Waals surface area (Å²) in [5, 5.41) is 28.3. The zero-order valence-electron chi connectivity index (χ0n) is 41.3. The molecule has 0 saturated carbocycles. The van der Waals surface area contributed by atoms with E-state index in [9.17, 15) is 14.0 Å². The molecule has 10 heterocycles. The molecule has 2 atom stereocenters. The molecule has 0 spiro atoms. The maximum atomic E-state index is 13.6. The van der Waals surface area contributed by atoms with Crippen molar-refractivity contribution in [3.05, 3.63) is 113 Å². The van der Waals surface area contributed by atoms with Crippen LogP contribution in [0.5, 0.6) is 0 Å². The minimum absolute atomic E-state index is 0.178. The van der Waals surface area contributed by atoms with Gasteiger partial charge in [0.15, 0.2) is 0 Å². The summed E-state index contributed by atoms with van der Waals surface area (Å²) < 4.78 is 25.5. The molecule has 4 saturated heterocycles. The Kier molecular flexibility index (Phi) is 18.8. The molecule has 10 rings (SSSR count). The fourth-order valence-corrected chi connectivity index (χ4v) is 8.86. The molecule has 6 aromatic rings. The van der Waals surface area contributed by atoms with Crippen molar-refractivity contribution >= 4 is 40.7 Å². The molecule has 18 nitrogen and oxygen atoms in total. The van der Waals surface area contributed by atoms with Gasteiger partial charge in [0.1, 0.15) is 35.5 Å². The molecule has 21 heteroatoms. The minimum atomic E-state index is -0.881. The highest BCUT2D eigenvalue weighted by Gasteiger charge is 2.25. The zero-order valence-corrected chi connectivity index (χ0v) is 42.1. The average molecular weight is 1010 g/mol. The summed E-state index contributed by atoms with van der Waals surface area (Å²) in [6.45, 7) is 19.3. The Hall–Kier alpha value is -6.91. The van der Waals surface area contributed by atoms with Crippen molar-refractivity contribution in [2.24, 2.45) is 0 Å². The van der Waals surface area contributed by atoms with Gasteiger partial charge in [-0.3, -0.25) is 19.8 Å². The summed E-state index contributed by atoms with van der Waals surface area (Å²) in [5.41, 5.74) is 7.09. The number of likely N-dealkylation sites (N-methyl/N-ethyl adjacent to an activating group) is 2. The number of anilines is 5. The van der Waals surface area contributed by atoms with E-state index in [1.54, 1.807) is 61.4 Å². The third-order valence-corrected chi connectivity index (χ3v) is 13.3. The fraction of sp³-hybridized carbons (Fsp3) is 0.423. The molecule has 3 N–H and O–H groups in total. The first-order valence-corrected chi connectivity index (χ1v) is 25.2. The molecule has 0 aromatic carbocycles. The van der Waals surface area contributed by atoms with Crippen LogP contribution in [0.4, 0.5) is 37.9 Å². The van der Waals surface area contributed by atoms with E-state index in [0.29, 0.717) is 77.3 Å². The lowest BCUT2D eigenvalue weighted by molar-refractivity contribution is 0.131. The number of rotatable bonds is 13. The number of piperazine rings is 2. The van der Waals surface area contributed by atoms with E-state index < -0.39 is 12.3 Å². The highest BCUT2D eigenvalue weighted by atomic mass is 35.5. The first-order valence-electron chi connectivity index (χ1n) is 24.8. The molecule has 0 aliphatic carbocycles. The summed E-state index contributed by atoms with van der Waals surface area (Å²) in [5.74, 6) is 1.39. The second kappa shape index (κ2) is 26.2. The van der Waals surface area contributed by atoms with Crippen LogP contribution in [0.1, 0.15) is 49.2 Å². The van der Waals surface area contributed by atoms with Crippen molar-refractivity contribution in [3.63, 3.8) is 0 Å². The maximum absolute atomic E-state index is 13.6. The Balaban J connectivity index is 0.000000176. The van der Waals surface area contributed by atoms with Crippen molar-refractivity contribution in [1.29, 1.82) is 10.5 Å². The molecule has 73 heavy (non-hydrogen) atoms. The number of hydrogen-bond acceptors (Lipinski definition) is 18. The van der Waals surface area contributed by atoms with Gasteiger partial charge >= 0.3 is 0 Å². The monoisotopic (exact) mass is 1010 g/mol. The Morgan fingerprint density at radius 3 is 1.56 bits per heavy atom. The summed E-state index contributed by atoms with van der Waals surface area (Å²) in [7, 11) is 0. The molecule has 0 amide bonds. The lowest BCUT2D eigenvalue weighted by atomic mass is 10.1. The van der Waals surface area contributed by atoms with Gasteiger partial charge in [-0.1, -0.05) is 25.4 Å². The van der Waals surface area contributed by atoms with Crippen LogP contribution in [0, 0.1) is 22.7 Å². The summed E-state index contributed by atoms with van der Waals surface area (Å²) in [4.78, 5) is 47.0. The standard InChI is InChI=1S/C26H30FN9.C22H23ClN8.C4H8FN/c1-2-34-9-11-35(12-10-34)18-23-4-3-22(16-30-23)32-26-29-7-5-24(33-26)20-13-19(14-28)25(31-15-20)36-8-6-21(27)17-36;1-2-30-7-9-31(10-8-30)15-19-4-3-18(14-26-19)28-22-25-6-5-20(29-22)17-11-16(12-24)21(23)27-13-17;5-4-1-2-6-3-4/h3-5,7,13,15-16,21H,2,6,8-12,17-18H2,1H3,(H,29,32,33);3-6,11,13-14H,2,7-10,15H2,1H3,(H,25,28,29);4,6H,1-3H2/t21-;;4-/m1.1/s1. The number of alkyl halides is 2. The number of aromatic nitrogens is 8. The van der Waals surface area contributed by atoms with E-state index in [4.69, 9.17) is 16.9 Å². The zero-order chi connectivity index (χ0) is 50.9. The number of halogens is 3. The van der Waals surface area contributed by atoms with E-state index in [2.05, 4.69) is 95.3 Å². The predicted octanol–water partition coefficient (Wildman–Crippen LogP) is 6.89. The van der Waals surface area contributed by atoms with E-state index in [-0.39, 0.29) is 11.7 Å². The topological polar surface area (TPSA) is 203 Å². The van der Waals surface area contributed by atoms with Gasteiger partial charge in [0.2, 0.25) is 11.9 Å². The molecule has 4 fully saturated rings. The Bertz CT molecular complexity index is 2790. The van der Waals surface area contributed by atoms with Crippen molar-refractivity contribution in [2.75, 3.05) is 107 Å². The van der Waals surface area contributed by atoms with Crippen LogP contribution in [0.25, 0.3) is 22.5 Å². The Morgan fingerprint density at radius 1 is 0.616 bits per heavy atom. The van der Waals surface area contributed by atoms with Crippen LogP contribution in [-0.4, -0.2) is 163 Å². The van der Waals surface area contributed by atoms with Crippen LogP contribution >= 0.6 is 11.6 Å². The van der Waals surface area contributed by atoms with Crippen molar-refractivity contribution < 1.29 is 8.78 Å². The van der Waals surface area contributed by atoms with Crippen LogP contribution in [0.2, 0.25) is 5.15 Å². The number of hydrogen-bond donors (Lipinski definition) is 3. The van der Waals surface area contributed by atoms with Crippen LogP contribution in [0.3, 0.4) is 0 Å². The molecular formula is C52H61ClF2N18. The molecule has 380 valence electrons. The number of nitriles is 2. The molecule has 4 aliphatic heterocycles. The van der Waals surface area contributed by atoms with Crippen molar-refractivity contribution in [2.45, 2.75) is 52.1 Å². The second-order valence-corrected chi connectivity index (χ2v) is 18.4. The van der Waals surface area contributed by atoms with Gasteiger partial charge in [-0.05, 0) is 81.0 Å². The highest BCUT2D eigenvalue weighted by molar-refractivity contribution is 6.30. The Labute approximate surface area is 430 Å². The molecule has 0 radical (unpaired) electrons. The van der Waals surface area contributed by atoms with Crippen molar-refractivity contribution in [1.82, 2.24) is 64.8 Å². The highest BCUT2D eigenvalue weighted by Crippen LogP contribution is 2.28. The molecule has 4 aliphatic rings. The van der Waals surface area contributed by atoms with Crippen LogP contribution in [0.15, 0.2) is 85.7 Å². The minimum Gasteiger partial charge on any atom is -0.352 e. The number of nitrogens with zero attached hydrogens (tertiary/aromatic N) is 15. The normalized spacial score (nSPS) is 18.4. The third kappa shape index (κ3) is 15.1. The Morgan fingerprint density at radius 2 is 1.14 bits per heavy atom. The van der Waals surface area contributed by atoms with Gasteiger partial charge in [-0.25, -0.2) is 38.7 Å². The van der Waals surface area contributed by atoms with Gasteiger partial charge in [0.05, 0.1) is 64.2 Å². The molecular weight excluding hydrogens is 950 g/mol. The summed E-state index contributed by atoms with van der Waals surface area (Å²) in [6, 6.07) is 19.2. The molecule has 0 bridgehead atoms.